The normalized spacial score (nSPS) is 11.8. The summed E-state index contributed by atoms with van der Waals surface area (Å²) in [5.41, 5.74) is 4.89. The molecule has 3 N–H and O–H groups in total. The zero-order chi connectivity index (χ0) is 20.9. The van der Waals surface area contributed by atoms with Crippen molar-refractivity contribution in [3.05, 3.63) is 77.6 Å². The van der Waals surface area contributed by atoms with Crippen LogP contribution in [0.15, 0.2) is 64.3 Å². The number of aliphatic imine (C=N–C) groups is 1. The number of oxazole rings is 1. The molecule has 7 heteroatoms. The van der Waals surface area contributed by atoms with Crippen molar-refractivity contribution in [2.45, 2.75) is 19.9 Å². The summed E-state index contributed by atoms with van der Waals surface area (Å²) in [5.74, 6) is 1.04. The van der Waals surface area contributed by atoms with Crippen LogP contribution in [0.2, 0.25) is 0 Å². The van der Waals surface area contributed by atoms with E-state index in [-0.39, 0.29) is 5.82 Å². The minimum atomic E-state index is -0.239. The van der Waals surface area contributed by atoms with Gasteiger partial charge in [-0.2, -0.15) is 0 Å². The van der Waals surface area contributed by atoms with Crippen LogP contribution in [-0.2, 0) is 13.0 Å². The fraction of sp³-hybridized carbons (Fsp3) is 0.217. The van der Waals surface area contributed by atoms with E-state index in [1.54, 1.807) is 19.4 Å². The maximum absolute atomic E-state index is 13.3. The van der Waals surface area contributed by atoms with Crippen molar-refractivity contribution in [1.29, 1.82) is 0 Å². The number of aryl methyl sites for hydroxylation is 1. The van der Waals surface area contributed by atoms with Crippen molar-refractivity contribution in [3.63, 3.8) is 0 Å². The van der Waals surface area contributed by atoms with Crippen LogP contribution in [0.1, 0.15) is 16.8 Å². The molecule has 0 unspecified atom stereocenters. The maximum Gasteiger partial charge on any atom is 0.226 e. The Hall–Kier alpha value is -3.61. The Kier molecular flexibility index (Phi) is 5.79. The summed E-state index contributed by atoms with van der Waals surface area (Å²) in [6.45, 7) is 3.24. The monoisotopic (exact) mass is 405 g/mol. The second-order valence-electron chi connectivity index (χ2n) is 7.12. The molecule has 0 spiro atoms. The number of rotatable bonds is 6. The largest absolute Gasteiger partial charge is 0.444 e. The van der Waals surface area contributed by atoms with Gasteiger partial charge in [-0.15, -0.1) is 0 Å². The van der Waals surface area contributed by atoms with Crippen LogP contribution in [0, 0.1) is 12.7 Å². The number of hydrogen-bond acceptors (Lipinski definition) is 3. The molecule has 0 aliphatic carbocycles. The van der Waals surface area contributed by atoms with Gasteiger partial charge in [0.05, 0.1) is 12.2 Å². The Labute approximate surface area is 174 Å². The molecular weight excluding hydrogens is 381 g/mol. The van der Waals surface area contributed by atoms with E-state index in [4.69, 9.17) is 4.42 Å². The predicted molar refractivity (Wildman–Crippen MR) is 117 cm³/mol. The van der Waals surface area contributed by atoms with E-state index < -0.39 is 0 Å². The first-order valence-electron chi connectivity index (χ1n) is 9.84. The molecule has 4 rings (SSSR count). The molecule has 0 bridgehead atoms. The summed E-state index contributed by atoms with van der Waals surface area (Å²) in [5, 5.41) is 7.57. The van der Waals surface area contributed by atoms with Gasteiger partial charge < -0.3 is 20.0 Å². The SMILES string of the molecule is CN=C(NCCc1c[nH]c2cc(F)ccc12)NCc1coc(-c2ccc(C)cc2)n1. The molecule has 4 aromatic rings. The van der Waals surface area contributed by atoms with Crippen LogP contribution in [0.3, 0.4) is 0 Å². The first-order chi connectivity index (χ1) is 14.6. The number of nitrogens with one attached hydrogen (secondary N) is 3. The van der Waals surface area contributed by atoms with Gasteiger partial charge in [0.15, 0.2) is 5.96 Å². The molecule has 2 aromatic carbocycles. The van der Waals surface area contributed by atoms with Crippen LogP contribution in [0.25, 0.3) is 22.4 Å². The standard InChI is InChI=1S/C23H24FN5O/c1-15-3-5-16(6-4-15)22-29-19(14-30-22)13-28-23(25-2)26-10-9-17-12-27-21-11-18(24)7-8-20(17)21/h3-8,11-12,14,27H,9-10,13H2,1-2H3,(H2,25,26,28). The molecule has 0 atom stereocenters. The highest BCUT2D eigenvalue weighted by Gasteiger charge is 2.08. The molecule has 0 saturated carbocycles. The average Bonchev–Trinajstić information content (AvgIpc) is 3.38. The Morgan fingerprint density at radius 3 is 2.80 bits per heavy atom. The number of H-pyrrole nitrogens is 1. The van der Waals surface area contributed by atoms with Crippen LogP contribution in [0.5, 0.6) is 0 Å². The van der Waals surface area contributed by atoms with Gasteiger partial charge in [-0.1, -0.05) is 17.7 Å². The number of halogens is 1. The number of aromatic nitrogens is 2. The minimum absolute atomic E-state index is 0.239. The van der Waals surface area contributed by atoms with Crippen molar-refractivity contribution in [2.75, 3.05) is 13.6 Å². The van der Waals surface area contributed by atoms with Gasteiger partial charge >= 0.3 is 0 Å². The number of benzene rings is 2. The number of hydrogen-bond donors (Lipinski definition) is 3. The zero-order valence-corrected chi connectivity index (χ0v) is 17.0. The van der Waals surface area contributed by atoms with Gasteiger partial charge in [-0.3, -0.25) is 4.99 Å². The molecule has 0 amide bonds. The second kappa shape index (κ2) is 8.82. The molecule has 0 fully saturated rings. The third-order valence-corrected chi connectivity index (χ3v) is 4.93. The molecule has 6 nitrogen and oxygen atoms in total. The Morgan fingerprint density at radius 2 is 2.00 bits per heavy atom. The van der Waals surface area contributed by atoms with Crippen molar-refractivity contribution in [3.8, 4) is 11.5 Å². The molecule has 30 heavy (non-hydrogen) atoms. The maximum atomic E-state index is 13.3. The highest BCUT2D eigenvalue weighted by atomic mass is 19.1. The third kappa shape index (κ3) is 4.51. The zero-order valence-electron chi connectivity index (χ0n) is 17.0. The summed E-state index contributed by atoms with van der Waals surface area (Å²) in [4.78, 5) is 11.9. The summed E-state index contributed by atoms with van der Waals surface area (Å²) >= 11 is 0. The lowest BCUT2D eigenvalue weighted by Crippen LogP contribution is -2.37. The number of aromatic amines is 1. The van der Waals surface area contributed by atoms with Crippen LogP contribution in [-0.4, -0.2) is 29.5 Å². The van der Waals surface area contributed by atoms with Crippen LogP contribution in [0.4, 0.5) is 4.39 Å². The van der Waals surface area contributed by atoms with E-state index in [1.807, 2.05) is 37.4 Å². The fourth-order valence-corrected chi connectivity index (χ4v) is 3.29. The van der Waals surface area contributed by atoms with Crippen molar-refractivity contribution < 1.29 is 8.81 Å². The van der Waals surface area contributed by atoms with Crippen LogP contribution >= 0.6 is 0 Å². The lowest BCUT2D eigenvalue weighted by atomic mass is 10.1. The summed E-state index contributed by atoms with van der Waals surface area (Å²) < 4.78 is 18.9. The van der Waals surface area contributed by atoms with Crippen molar-refractivity contribution in [1.82, 2.24) is 20.6 Å². The lowest BCUT2D eigenvalue weighted by Gasteiger charge is -2.10. The topological polar surface area (TPSA) is 78.2 Å². The molecule has 2 heterocycles. The van der Waals surface area contributed by atoms with E-state index in [1.165, 1.54) is 17.7 Å². The highest BCUT2D eigenvalue weighted by molar-refractivity contribution is 5.83. The van der Waals surface area contributed by atoms with E-state index in [2.05, 4.69) is 25.6 Å². The first-order valence-corrected chi connectivity index (χ1v) is 9.84. The molecule has 2 aromatic heterocycles. The van der Waals surface area contributed by atoms with Crippen LogP contribution < -0.4 is 10.6 Å². The van der Waals surface area contributed by atoms with Gasteiger partial charge in [-0.25, -0.2) is 9.37 Å². The van der Waals surface area contributed by atoms with Gasteiger partial charge in [0, 0.05) is 36.3 Å². The quantitative estimate of drug-likeness (QED) is 0.332. The third-order valence-electron chi connectivity index (χ3n) is 4.93. The van der Waals surface area contributed by atoms with Gasteiger partial charge in [0.1, 0.15) is 12.1 Å². The minimum Gasteiger partial charge on any atom is -0.444 e. The van der Waals surface area contributed by atoms with E-state index >= 15 is 0 Å². The first kappa shape index (κ1) is 19.7. The lowest BCUT2D eigenvalue weighted by molar-refractivity contribution is 0.572. The molecule has 154 valence electrons. The molecule has 0 saturated heterocycles. The molecule has 0 aliphatic rings. The molecular formula is C23H24FN5O. The number of fused-ring (bicyclic) bond motifs is 1. The Morgan fingerprint density at radius 1 is 1.17 bits per heavy atom. The smallest absolute Gasteiger partial charge is 0.226 e. The van der Waals surface area contributed by atoms with E-state index in [9.17, 15) is 4.39 Å². The van der Waals surface area contributed by atoms with Crippen molar-refractivity contribution in [2.24, 2.45) is 4.99 Å². The summed E-state index contributed by atoms with van der Waals surface area (Å²) in [6.07, 6.45) is 4.36. The Balaban J connectivity index is 1.29. The average molecular weight is 405 g/mol. The van der Waals surface area contributed by atoms with Gasteiger partial charge in [-0.05, 0) is 49.2 Å². The fourth-order valence-electron chi connectivity index (χ4n) is 3.29. The van der Waals surface area contributed by atoms with E-state index in [0.29, 0.717) is 24.9 Å². The molecule has 0 aliphatic heterocycles. The number of nitrogens with zero attached hydrogens (tertiary/aromatic N) is 2. The van der Waals surface area contributed by atoms with Crippen molar-refractivity contribution >= 4 is 16.9 Å². The molecule has 0 radical (unpaired) electrons. The number of guanidine groups is 1. The van der Waals surface area contributed by atoms with Gasteiger partial charge in [0.2, 0.25) is 5.89 Å². The predicted octanol–water partition coefficient (Wildman–Crippen LogP) is 4.18. The van der Waals surface area contributed by atoms with Gasteiger partial charge in [0.25, 0.3) is 0 Å². The summed E-state index contributed by atoms with van der Waals surface area (Å²) in [6, 6.07) is 12.9. The van der Waals surface area contributed by atoms with E-state index in [0.717, 1.165) is 34.1 Å². The summed E-state index contributed by atoms with van der Waals surface area (Å²) in [7, 11) is 1.73. The second-order valence-corrected chi connectivity index (χ2v) is 7.12. The Bertz CT molecular complexity index is 1160. The highest BCUT2D eigenvalue weighted by Crippen LogP contribution is 2.20.